The smallest absolute Gasteiger partial charge is 0.242 e. The number of carbonyl (C=O) groups is 1. The van der Waals surface area contributed by atoms with E-state index < -0.39 is 0 Å². The van der Waals surface area contributed by atoms with Gasteiger partial charge in [-0.1, -0.05) is 69.6 Å². The van der Waals surface area contributed by atoms with Gasteiger partial charge in [-0.15, -0.1) is 11.7 Å². The number of nitrogens with zero attached hydrogens (tertiary/aromatic N) is 3. The topological polar surface area (TPSA) is 58.2 Å². The van der Waals surface area contributed by atoms with Gasteiger partial charge in [0.1, 0.15) is 11.5 Å². The van der Waals surface area contributed by atoms with Crippen LogP contribution in [0.25, 0.3) is 11.3 Å². The molecule has 1 atom stereocenters. The van der Waals surface area contributed by atoms with E-state index in [4.69, 9.17) is 16.0 Å². The van der Waals surface area contributed by atoms with E-state index in [2.05, 4.69) is 32.7 Å². The van der Waals surface area contributed by atoms with Gasteiger partial charge in [-0.05, 0) is 48.4 Å². The van der Waals surface area contributed by atoms with Gasteiger partial charge in [0.15, 0.2) is 5.17 Å². The Hall–Kier alpha value is -2.61. The Morgan fingerprint density at radius 2 is 1.94 bits per heavy atom. The lowest BCUT2D eigenvalue weighted by molar-refractivity contribution is -0.125. The minimum absolute atomic E-state index is 0.00535. The Morgan fingerprint density at radius 3 is 2.69 bits per heavy atom. The van der Waals surface area contributed by atoms with Gasteiger partial charge in [0.25, 0.3) is 0 Å². The molecule has 32 heavy (non-hydrogen) atoms. The summed E-state index contributed by atoms with van der Waals surface area (Å²) in [4.78, 5) is 14.5. The Balaban J connectivity index is 1.49. The molecule has 8 heteroatoms. The van der Waals surface area contributed by atoms with Gasteiger partial charge in [0.2, 0.25) is 5.91 Å². The highest BCUT2D eigenvalue weighted by molar-refractivity contribution is 9.10. The quantitative estimate of drug-likeness (QED) is 0.202. The lowest BCUT2D eigenvalue weighted by atomic mass is 10.1. The van der Waals surface area contributed by atoms with E-state index >= 15 is 0 Å². The van der Waals surface area contributed by atoms with Crippen molar-refractivity contribution in [2.24, 2.45) is 10.2 Å². The third-order valence-electron chi connectivity index (χ3n) is 4.76. The van der Waals surface area contributed by atoms with Crippen LogP contribution in [0.15, 0.2) is 92.4 Å². The molecule has 0 spiro atoms. The van der Waals surface area contributed by atoms with Crippen LogP contribution in [0.4, 0.5) is 0 Å². The van der Waals surface area contributed by atoms with Gasteiger partial charge in [-0.25, -0.2) is 0 Å². The van der Waals surface area contributed by atoms with Crippen LogP contribution in [0.2, 0.25) is 5.02 Å². The molecule has 0 bridgehead atoms. The summed E-state index contributed by atoms with van der Waals surface area (Å²) in [6, 6.07) is 19.1. The molecule has 1 fully saturated rings. The first-order chi connectivity index (χ1) is 15.5. The first kappa shape index (κ1) is 22.6. The van der Waals surface area contributed by atoms with Gasteiger partial charge >= 0.3 is 0 Å². The number of rotatable bonds is 7. The maximum absolute atomic E-state index is 12.9. The van der Waals surface area contributed by atoms with Crippen molar-refractivity contribution >= 4 is 56.6 Å². The summed E-state index contributed by atoms with van der Waals surface area (Å²) < 4.78 is 6.82. The van der Waals surface area contributed by atoms with Gasteiger partial charge < -0.3 is 4.42 Å². The third-order valence-corrected chi connectivity index (χ3v) is 6.78. The first-order valence-electron chi connectivity index (χ1n) is 9.84. The monoisotopic (exact) mass is 527 g/mol. The van der Waals surface area contributed by atoms with Crippen LogP contribution in [0.1, 0.15) is 11.3 Å². The molecular formula is C24H19BrClN3O2S. The van der Waals surface area contributed by atoms with Crippen LogP contribution in [0, 0.1) is 0 Å². The molecule has 3 aromatic rings. The summed E-state index contributed by atoms with van der Waals surface area (Å²) >= 11 is 11.1. The second-order valence-corrected chi connectivity index (χ2v) is 9.48. The molecule has 1 amide bonds. The standard InChI is InChI=1S/C24H19BrClN3O2S/c1-2-13-29-23(30)22(14-16-7-9-17(25)10-8-16)32-24(29)28-27-15-18-11-12-21(31-18)19-5-3-4-6-20(19)26/h2-12,15,22H,1,13-14H2/b27-15+,28-24+. The van der Waals surface area contributed by atoms with E-state index in [9.17, 15) is 4.79 Å². The second-order valence-electron chi connectivity index (χ2n) is 6.98. The molecule has 0 aliphatic carbocycles. The fraction of sp³-hybridized carbons (Fsp3) is 0.125. The average molecular weight is 529 g/mol. The van der Waals surface area contributed by atoms with Crippen LogP contribution in [-0.4, -0.2) is 34.0 Å². The van der Waals surface area contributed by atoms with E-state index in [1.165, 1.54) is 18.0 Å². The summed E-state index contributed by atoms with van der Waals surface area (Å²) in [7, 11) is 0. The van der Waals surface area contributed by atoms with Crippen LogP contribution in [-0.2, 0) is 11.2 Å². The van der Waals surface area contributed by atoms with Crippen LogP contribution >= 0.6 is 39.3 Å². The largest absolute Gasteiger partial charge is 0.455 e. The Labute approximate surface area is 204 Å². The van der Waals surface area contributed by atoms with Crippen molar-refractivity contribution in [1.82, 2.24) is 4.90 Å². The van der Waals surface area contributed by atoms with Crippen molar-refractivity contribution in [3.05, 3.63) is 94.1 Å². The van der Waals surface area contributed by atoms with Crippen molar-refractivity contribution in [2.75, 3.05) is 6.54 Å². The highest BCUT2D eigenvalue weighted by Crippen LogP contribution is 2.31. The van der Waals surface area contributed by atoms with Crippen LogP contribution in [0.5, 0.6) is 0 Å². The number of carbonyl (C=O) groups excluding carboxylic acids is 1. The summed E-state index contributed by atoms with van der Waals surface area (Å²) in [6.07, 6.45) is 3.82. The molecule has 1 unspecified atom stereocenters. The van der Waals surface area contributed by atoms with Crippen LogP contribution < -0.4 is 0 Å². The number of benzene rings is 2. The fourth-order valence-corrected chi connectivity index (χ4v) is 4.85. The normalized spacial score (nSPS) is 17.6. The third kappa shape index (κ3) is 5.23. The van der Waals surface area contributed by atoms with Gasteiger partial charge in [0.05, 0.1) is 16.5 Å². The summed E-state index contributed by atoms with van der Waals surface area (Å²) in [5, 5.41) is 9.35. The highest BCUT2D eigenvalue weighted by Gasteiger charge is 2.37. The fourth-order valence-electron chi connectivity index (χ4n) is 3.21. The number of hydrogen-bond donors (Lipinski definition) is 0. The van der Waals surface area contributed by atoms with Crippen molar-refractivity contribution in [1.29, 1.82) is 0 Å². The molecule has 0 radical (unpaired) electrons. The van der Waals surface area contributed by atoms with Gasteiger partial charge in [-0.2, -0.15) is 5.10 Å². The molecule has 2 aromatic carbocycles. The molecule has 4 rings (SSSR count). The predicted molar refractivity (Wildman–Crippen MR) is 135 cm³/mol. The van der Waals surface area contributed by atoms with E-state index in [1.807, 2.05) is 54.6 Å². The number of amides is 1. The summed E-state index contributed by atoms with van der Waals surface area (Å²) in [5.41, 5.74) is 1.90. The van der Waals surface area contributed by atoms with Crippen molar-refractivity contribution in [3.8, 4) is 11.3 Å². The highest BCUT2D eigenvalue weighted by atomic mass is 79.9. The molecule has 5 nitrogen and oxygen atoms in total. The number of hydrogen-bond acceptors (Lipinski definition) is 5. The molecule has 1 saturated heterocycles. The lowest BCUT2D eigenvalue weighted by Gasteiger charge is -2.12. The maximum Gasteiger partial charge on any atom is 0.242 e. The molecule has 1 aromatic heterocycles. The molecule has 162 valence electrons. The molecule has 0 N–H and O–H groups in total. The number of thioether (sulfide) groups is 1. The molecule has 0 saturated carbocycles. The van der Waals surface area contributed by atoms with E-state index in [1.54, 1.807) is 17.0 Å². The van der Waals surface area contributed by atoms with Crippen LogP contribution in [0.3, 0.4) is 0 Å². The predicted octanol–water partition coefficient (Wildman–Crippen LogP) is 6.43. The second kappa shape index (κ2) is 10.3. The SMILES string of the molecule is C=CCN1C(=O)C(Cc2ccc(Br)cc2)S/C1=N/N=C/c1ccc(-c2ccccc2Cl)o1. The zero-order valence-corrected chi connectivity index (χ0v) is 20.1. The van der Waals surface area contributed by atoms with Crippen molar-refractivity contribution in [2.45, 2.75) is 11.7 Å². The van der Waals surface area contributed by atoms with E-state index in [-0.39, 0.29) is 11.2 Å². The Kier molecular flexibility index (Phi) is 7.29. The molecule has 1 aliphatic rings. The first-order valence-corrected chi connectivity index (χ1v) is 11.9. The summed E-state index contributed by atoms with van der Waals surface area (Å²) in [6.45, 7) is 4.13. The minimum Gasteiger partial charge on any atom is -0.455 e. The van der Waals surface area contributed by atoms with E-state index in [0.29, 0.717) is 34.7 Å². The zero-order chi connectivity index (χ0) is 22.5. The zero-order valence-electron chi connectivity index (χ0n) is 16.9. The maximum atomic E-state index is 12.9. The van der Waals surface area contributed by atoms with Crippen molar-refractivity contribution in [3.63, 3.8) is 0 Å². The molecular weight excluding hydrogens is 510 g/mol. The summed E-state index contributed by atoms with van der Waals surface area (Å²) in [5.74, 6) is 1.20. The number of amidine groups is 1. The number of furan rings is 1. The van der Waals surface area contributed by atoms with E-state index in [0.717, 1.165) is 15.6 Å². The van der Waals surface area contributed by atoms with Crippen molar-refractivity contribution < 1.29 is 9.21 Å². The Morgan fingerprint density at radius 1 is 1.16 bits per heavy atom. The molecule has 1 aliphatic heterocycles. The minimum atomic E-state index is -0.250. The molecule has 2 heterocycles. The average Bonchev–Trinajstić information content (AvgIpc) is 3.36. The number of halogens is 2. The van der Waals surface area contributed by atoms with Gasteiger partial charge in [-0.3, -0.25) is 9.69 Å². The Bertz CT molecular complexity index is 1190. The lowest BCUT2D eigenvalue weighted by Crippen LogP contribution is -2.32. The van der Waals surface area contributed by atoms with Gasteiger partial charge in [0, 0.05) is 16.6 Å².